The highest BCUT2D eigenvalue weighted by atomic mass is 19.3. The summed E-state index contributed by atoms with van der Waals surface area (Å²) in [6, 6.07) is 6.74. The van der Waals surface area contributed by atoms with E-state index in [1.807, 2.05) is 11.9 Å². The third kappa shape index (κ3) is 3.18. The van der Waals surface area contributed by atoms with Crippen LogP contribution in [0.4, 0.5) is 8.78 Å². The minimum absolute atomic E-state index is 0.0811. The third-order valence-corrected chi connectivity index (χ3v) is 3.84. The fourth-order valence-electron chi connectivity index (χ4n) is 2.24. The van der Waals surface area contributed by atoms with E-state index in [9.17, 15) is 8.78 Å². The number of guanidine groups is 1. The number of nitrogens with zero attached hydrogens (tertiary/aromatic N) is 2. The lowest BCUT2D eigenvalue weighted by molar-refractivity contribution is -0.0498. The Balaban J connectivity index is 1.91. The molecule has 1 unspecified atom stereocenters. The Morgan fingerprint density at radius 1 is 1.40 bits per heavy atom. The molecule has 110 valence electrons. The van der Waals surface area contributed by atoms with Crippen LogP contribution >= 0.6 is 0 Å². The average Bonchev–Trinajstić information content (AvgIpc) is 2.66. The van der Waals surface area contributed by atoms with E-state index in [2.05, 4.69) is 16.7 Å². The molecule has 2 rings (SSSR count). The van der Waals surface area contributed by atoms with Gasteiger partial charge >= 0.3 is 6.61 Å². The molecule has 1 aliphatic heterocycles. The summed E-state index contributed by atoms with van der Waals surface area (Å²) in [4.78, 5) is 6.23. The van der Waals surface area contributed by atoms with Crippen LogP contribution in [0.15, 0.2) is 29.3 Å². The summed E-state index contributed by atoms with van der Waals surface area (Å²) in [6.45, 7) is 0.0130. The van der Waals surface area contributed by atoms with E-state index in [1.165, 1.54) is 0 Å². The van der Waals surface area contributed by atoms with Gasteiger partial charge in [-0.05, 0) is 37.5 Å². The smallest absolute Gasteiger partial charge is 0.387 e. The van der Waals surface area contributed by atoms with Gasteiger partial charge in [0.1, 0.15) is 5.75 Å². The summed E-state index contributed by atoms with van der Waals surface area (Å²) in [5.74, 6) is 0.744. The van der Waals surface area contributed by atoms with Gasteiger partial charge in [-0.25, -0.2) is 0 Å². The van der Waals surface area contributed by atoms with Crippen LogP contribution in [0, 0.1) is 0 Å². The molecule has 0 saturated carbocycles. The fourth-order valence-corrected chi connectivity index (χ4v) is 2.24. The van der Waals surface area contributed by atoms with Crippen LogP contribution in [0.2, 0.25) is 0 Å². The number of nitrogens with two attached hydrogens (primary N) is 1. The summed E-state index contributed by atoms with van der Waals surface area (Å²) in [5, 5.41) is 0. The molecule has 1 atom stereocenters. The first-order valence-electron chi connectivity index (χ1n) is 6.48. The summed E-state index contributed by atoms with van der Waals surface area (Å²) >= 11 is 0. The Kier molecular flexibility index (Phi) is 4.11. The monoisotopic (exact) mass is 283 g/mol. The van der Waals surface area contributed by atoms with Crippen molar-refractivity contribution in [1.29, 1.82) is 0 Å². The molecule has 0 spiro atoms. The number of aliphatic imine (C=N–C) groups is 1. The van der Waals surface area contributed by atoms with Crippen LogP contribution in [0.25, 0.3) is 0 Å². The Morgan fingerprint density at radius 3 is 2.55 bits per heavy atom. The molecule has 0 aromatic heterocycles. The Morgan fingerprint density at radius 2 is 2.05 bits per heavy atom. The average molecular weight is 283 g/mol. The maximum absolute atomic E-state index is 12.1. The van der Waals surface area contributed by atoms with Crippen LogP contribution in [-0.4, -0.2) is 36.6 Å². The molecule has 0 aliphatic carbocycles. The van der Waals surface area contributed by atoms with E-state index in [0.717, 1.165) is 18.4 Å². The van der Waals surface area contributed by atoms with E-state index in [0.29, 0.717) is 12.5 Å². The number of likely N-dealkylation sites (N-methyl/N-ethyl adjacent to an activating group) is 1. The number of ether oxygens (including phenoxy) is 1. The number of benzene rings is 1. The number of rotatable bonds is 5. The van der Waals surface area contributed by atoms with Crippen molar-refractivity contribution in [2.75, 3.05) is 13.6 Å². The van der Waals surface area contributed by atoms with E-state index >= 15 is 0 Å². The summed E-state index contributed by atoms with van der Waals surface area (Å²) in [6.07, 6.45) is 1.72. The van der Waals surface area contributed by atoms with Gasteiger partial charge in [-0.15, -0.1) is 0 Å². The number of halogens is 2. The maximum atomic E-state index is 12.1. The van der Waals surface area contributed by atoms with Gasteiger partial charge in [-0.1, -0.05) is 12.1 Å². The quantitative estimate of drug-likeness (QED) is 0.901. The zero-order valence-electron chi connectivity index (χ0n) is 11.6. The Bertz CT molecular complexity index is 490. The first kappa shape index (κ1) is 14.6. The summed E-state index contributed by atoms with van der Waals surface area (Å²) < 4.78 is 28.4. The number of aryl methyl sites for hydroxylation is 1. The summed E-state index contributed by atoms with van der Waals surface area (Å²) in [7, 11) is 1.94. The van der Waals surface area contributed by atoms with Crippen LogP contribution in [0.5, 0.6) is 5.75 Å². The van der Waals surface area contributed by atoms with Gasteiger partial charge in [0.2, 0.25) is 0 Å². The predicted octanol–water partition coefficient (Wildman–Crippen LogP) is 2.24. The first-order chi connectivity index (χ1) is 9.40. The molecule has 1 aromatic rings. The molecule has 6 heteroatoms. The molecule has 20 heavy (non-hydrogen) atoms. The topological polar surface area (TPSA) is 50.8 Å². The number of alkyl halides is 2. The van der Waals surface area contributed by atoms with Crippen LogP contribution in [-0.2, 0) is 6.42 Å². The maximum Gasteiger partial charge on any atom is 0.387 e. The van der Waals surface area contributed by atoms with Crippen molar-refractivity contribution in [3.05, 3.63) is 29.8 Å². The van der Waals surface area contributed by atoms with E-state index in [-0.39, 0.29) is 11.3 Å². The van der Waals surface area contributed by atoms with Crippen LogP contribution in [0.1, 0.15) is 18.9 Å². The van der Waals surface area contributed by atoms with Gasteiger partial charge in [-0.3, -0.25) is 4.99 Å². The summed E-state index contributed by atoms with van der Waals surface area (Å²) in [5.41, 5.74) is 6.77. The predicted molar refractivity (Wildman–Crippen MR) is 74.1 cm³/mol. The SMILES string of the molecule is CN1C(N)=NCC1(C)CCc1ccc(OC(F)F)cc1. The van der Waals surface area contributed by atoms with Gasteiger partial charge in [0, 0.05) is 7.05 Å². The highest BCUT2D eigenvalue weighted by molar-refractivity contribution is 5.80. The lowest BCUT2D eigenvalue weighted by Gasteiger charge is -2.33. The van der Waals surface area contributed by atoms with Crippen molar-refractivity contribution in [3.63, 3.8) is 0 Å². The number of hydrogen-bond donors (Lipinski definition) is 1. The van der Waals surface area contributed by atoms with Gasteiger partial charge in [0.25, 0.3) is 0 Å². The fraction of sp³-hybridized carbons (Fsp3) is 0.500. The molecule has 0 amide bonds. The van der Waals surface area contributed by atoms with Gasteiger partial charge < -0.3 is 15.4 Å². The third-order valence-electron chi connectivity index (χ3n) is 3.84. The Labute approximate surface area is 117 Å². The number of hydrogen-bond acceptors (Lipinski definition) is 4. The standard InChI is InChI=1S/C14H19F2N3O/c1-14(9-18-13(17)19(14)2)8-7-10-3-5-11(6-4-10)20-12(15)16/h3-6,12H,7-9H2,1-2H3,(H2,17,18). The second-order valence-corrected chi connectivity index (χ2v) is 5.25. The molecule has 1 heterocycles. The zero-order chi connectivity index (χ0) is 14.8. The lowest BCUT2D eigenvalue weighted by Crippen LogP contribution is -2.47. The molecule has 0 saturated heterocycles. The Hall–Kier alpha value is -1.85. The minimum atomic E-state index is -2.79. The van der Waals surface area contributed by atoms with Gasteiger partial charge in [0.05, 0.1) is 12.1 Å². The highest BCUT2D eigenvalue weighted by Crippen LogP contribution is 2.25. The largest absolute Gasteiger partial charge is 0.435 e. The van der Waals surface area contributed by atoms with E-state index in [1.54, 1.807) is 24.3 Å². The van der Waals surface area contributed by atoms with Crippen LogP contribution < -0.4 is 10.5 Å². The first-order valence-corrected chi connectivity index (χ1v) is 6.48. The molecule has 0 fully saturated rings. The highest BCUT2D eigenvalue weighted by Gasteiger charge is 2.34. The molecular formula is C14H19F2N3O. The van der Waals surface area contributed by atoms with Crippen molar-refractivity contribution in [3.8, 4) is 5.75 Å². The van der Waals surface area contributed by atoms with Crippen molar-refractivity contribution in [2.24, 2.45) is 10.7 Å². The van der Waals surface area contributed by atoms with Crippen molar-refractivity contribution in [1.82, 2.24) is 4.90 Å². The van der Waals surface area contributed by atoms with E-state index < -0.39 is 6.61 Å². The van der Waals surface area contributed by atoms with Crippen molar-refractivity contribution in [2.45, 2.75) is 31.9 Å². The molecular weight excluding hydrogens is 264 g/mol. The second kappa shape index (κ2) is 5.64. The van der Waals surface area contributed by atoms with Crippen LogP contribution in [0.3, 0.4) is 0 Å². The van der Waals surface area contributed by atoms with Crippen molar-refractivity contribution >= 4 is 5.96 Å². The normalized spacial score (nSPS) is 22.2. The minimum Gasteiger partial charge on any atom is -0.435 e. The molecule has 4 nitrogen and oxygen atoms in total. The lowest BCUT2D eigenvalue weighted by atomic mass is 9.93. The molecule has 0 radical (unpaired) electrons. The molecule has 2 N–H and O–H groups in total. The second-order valence-electron chi connectivity index (χ2n) is 5.25. The van der Waals surface area contributed by atoms with Gasteiger partial charge in [0.15, 0.2) is 5.96 Å². The zero-order valence-corrected chi connectivity index (χ0v) is 11.6. The van der Waals surface area contributed by atoms with Gasteiger partial charge in [-0.2, -0.15) is 8.78 Å². The molecule has 1 aliphatic rings. The van der Waals surface area contributed by atoms with Crippen molar-refractivity contribution < 1.29 is 13.5 Å². The molecule has 0 bridgehead atoms. The van der Waals surface area contributed by atoms with E-state index in [4.69, 9.17) is 5.73 Å². The molecule has 1 aromatic carbocycles.